The Hall–Kier alpha value is -2.63. The van der Waals surface area contributed by atoms with Gasteiger partial charge in [-0.1, -0.05) is 25.1 Å². The van der Waals surface area contributed by atoms with Crippen LogP contribution < -0.4 is 10.1 Å². The molecule has 2 aromatic rings. The zero-order valence-corrected chi connectivity index (χ0v) is 16.6. The Morgan fingerprint density at radius 2 is 2.11 bits per heavy atom. The molecule has 0 fully saturated rings. The molecule has 1 aliphatic heterocycles. The minimum atomic E-state index is 0.0438. The van der Waals surface area contributed by atoms with E-state index in [-0.39, 0.29) is 11.9 Å². The molecule has 0 aliphatic carbocycles. The van der Waals surface area contributed by atoms with Crippen molar-refractivity contribution in [3.05, 3.63) is 46.9 Å². The van der Waals surface area contributed by atoms with Gasteiger partial charge >= 0.3 is 0 Å². The lowest BCUT2D eigenvalue weighted by atomic mass is 10.0. The molecule has 1 amide bonds. The van der Waals surface area contributed by atoms with Gasteiger partial charge in [0.25, 0.3) is 0 Å². The van der Waals surface area contributed by atoms with Crippen LogP contribution in [0.5, 0.6) is 5.75 Å². The highest BCUT2D eigenvalue weighted by Gasteiger charge is 2.24. The molecular formula is C21H28N4O2. The zero-order chi connectivity index (χ0) is 19.4. The van der Waals surface area contributed by atoms with Crippen LogP contribution in [0.2, 0.25) is 0 Å². The molecule has 1 aliphatic rings. The van der Waals surface area contributed by atoms with E-state index in [1.54, 1.807) is 6.92 Å². The fourth-order valence-electron chi connectivity index (χ4n) is 3.41. The van der Waals surface area contributed by atoms with Crippen LogP contribution >= 0.6 is 0 Å². The zero-order valence-electron chi connectivity index (χ0n) is 16.6. The second-order valence-corrected chi connectivity index (χ2v) is 6.99. The Morgan fingerprint density at radius 3 is 2.85 bits per heavy atom. The number of aromatic nitrogens is 2. The van der Waals surface area contributed by atoms with E-state index in [4.69, 9.17) is 4.74 Å². The number of ether oxygens (including phenoxy) is 1. The van der Waals surface area contributed by atoms with Crippen molar-refractivity contribution in [1.29, 1.82) is 0 Å². The average Bonchev–Trinajstić information content (AvgIpc) is 2.65. The summed E-state index contributed by atoms with van der Waals surface area (Å²) in [6, 6.07) is 8.16. The molecule has 27 heavy (non-hydrogen) atoms. The van der Waals surface area contributed by atoms with E-state index >= 15 is 0 Å². The van der Waals surface area contributed by atoms with Crippen molar-refractivity contribution in [2.45, 2.75) is 53.1 Å². The number of hydrogen-bond acceptors (Lipinski definition) is 5. The number of rotatable bonds is 6. The predicted molar refractivity (Wildman–Crippen MR) is 106 cm³/mol. The summed E-state index contributed by atoms with van der Waals surface area (Å²) >= 11 is 0. The first-order valence-corrected chi connectivity index (χ1v) is 9.59. The number of aryl methyl sites for hydroxylation is 1. The Morgan fingerprint density at radius 1 is 1.33 bits per heavy atom. The third kappa shape index (κ3) is 4.38. The molecule has 3 rings (SSSR count). The van der Waals surface area contributed by atoms with E-state index in [1.165, 1.54) is 0 Å². The first-order valence-electron chi connectivity index (χ1n) is 9.59. The second kappa shape index (κ2) is 8.37. The van der Waals surface area contributed by atoms with Crippen LogP contribution in [0, 0.1) is 6.92 Å². The van der Waals surface area contributed by atoms with Crippen molar-refractivity contribution >= 4 is 11.7 Å². The number of benzene rings is 1. The van der Waals surface area contributed by atoms with Crippen molar-refractivity contribution in [2.24, 2.45) is 0 Å². The maximum Gasteiger partial charge on any atom is 0.219 e. The van der Waals surface area contributed by atoms with Crippen LogP contribution in [-0.4, -0.2) is 33.9 Å². The fourth-order valence-corrected chi connectivity index (χ4v) is 3.41. The maximum absolute atomic E-state index is 11.7. The number of fused-ring (bicyclic) bond motifs is 1. The van der Waals surface area contributed by atoms with Gasteiger partial charge in [-0.25, -0.2) is 9.97 Å². The molecule has 0 radical (unpaired) electrons. The Kier molecular flexibility index (Phi) is 5.94. The molecule has 6 nitrogen and oxygen atoms in total. The number of nitrogens with zero attached hydrogens (tertiary/aromatic N) is 3. The van der Waals surface area contributed by atoms with Gasteiger partial charge in [-0.2, -0.15) is 0 Å². The van der Waals surface area contributed by atoms with Gasteiger partial charge in [0.05, 0.1) is 24.9 Å². The van der Waals surface area contributed by atoms with Crippen LogP contribution in [0.15, 0.2) is 24.3 Å². The normalized spacial score (nSPS) is 14.4. The average molecular weight is 368 g/mol. The van der Waals surface area contributed by atoms with Gasteiger partial charge in [0.15, 0.2) is 0 Å². The lowest BCUT2D eigenvalue weighted by molar-refractivity contribution is -0.129. The fraction of sp³-hybridized carbons (Fsp3) is 0.476. The van der Waals surface area contributed by atoms with Crippen molar-refractivity contribution in [1.82, 2.24) is 14.9 Å². The van der Waals surface area contributed by atoms with Crippen LogP contribution in [0.4, 0.5) is 5.82 Å². The molecule has 1 aromatic heterocycles. The lowest BCUT2D eigenvalue weighted by Gasteiger charge is -2.29. The van der Waals surface area contributed by atoms with Gasteiger partial charge in [-0.15, -0.1) is 0 Å². The molecule has 6 heteroatoms. The number of anilines is 1. The highest BCUT2D eigenvalue weighted by Crippen LogP contribution is 2.30. The molecule has 0 spiro atoms. The quantitative estimate of drug-likeness (QED) is 0.843. The van der Waals surface area contributed by atoms with Gasteiger partial charge in [0, 0.05) is 24.6 Å². The van der Waals surface area contributed by atoms with E-state index in [0.29, 0.717) is 25.5 Å². The van der Waals surface area contributed by atoms with Crippen LogP contribution in [-0.2, 0) is 17.8 Å². The number of carbonyl (C=O) groups is 1. The summed E-state index contributed by atoms with van der Waals surface area (Å²) in [6.45, 7) is 9.66. The number of nitrogens with one attached hydrogen (secondary N) is 1. The smallest absolute Gasteiger partial charge is 0.219 e. The molecule has 0 saturated heterocycles. The largest absolute Gasteiger partial charge is 0.493 e. The van der Waals surface area contributed by atoms with E-state index in [2.05, 4.69) is 35.2 Å². The highest BCUT2D eigenvalue weighted by atomic mass is 16.5. The van der Waals surface area contributed by atoms with E-state index in [1.807, 2.05) is 30.0 Å². The second-order valence-electron chi connectivity index (χ2n) is 6.99. The molecule has 0 bridgehead atoms. The maximum atomic E-state index is 11.7. The van der Waals surface area contributed by atoms with Crippen LogP contribution in [0.3, 0.4) is 0 Å². The summed E-state index contributed by atoms with van der Waals surface area (Å²) in [4.78, 5) is 22.8. The highest BCUT2D eigenvalue weighted by molar-refractivity contribution is 5.73. The van der Waals surface area contributed by atoms with E-state index < -0.39 is 0 Å². The number of amides is 1. The standard InChI is InChI=1S/C21H28N4O2/c1-5-12-27-20-9-7-6-8-17(20)14(2)22-21-18-10-11-25(16(4)26)13-19(18)23-15(3)24-21/h6-9,14H,5,10-13H2,1-4H3,(H,22,23,24)/t14-/m1/s1. The van der Waals surface area contributed by atoms with Crippen molar-refractivity contribution in [2.75, 3.05) is 18.5 Å². The van der Waals surface area contributed by atoms with Gasteiger partial charge < -0.3 is 15.0 Å². The summed E-state index contributed by atoms with van der Waals surface area (Å²) in [6.07, 6.45) is 1.74. The van der Waals surface area contributed by atoms with E-state index in [0.717, 1.165) is 41.2 Å². The Bertz CT molecular complexity index is 822. The van der Waals surface area contributed by atoms with Gasteiger partial charge in [0.2, 0.25) is 5.91 Å². The molecule has 1 atom stereocenters. The van der Waals surface area contributed by atoms with Crippen LogP contribution in [0.1, 0.15) is 55.9 Å². The Labute approximate surface area is 161 Å². The summed E-state index contributed by atoms with van der Waals surface area (Å²) < 4.78 is 5.91. The molecular weight excluding hydrogens is 340 g/mol. The van der Waals surface area contributed by atoms with Gasteiger partial charge in [-0.05, 0) is 32.8 Å². The Balaban J connectivity index is 1.85. The molecule has 0 unspecified atom stereocenters. The molecule has 1 N–H and O–H groups in total. The summed E-state index contributed by atoms with van der Waals surface area (Å²) in [5, 5.41) is 3.55. The molecule has 1 aromatic carbocycles. The lowest BCUT2D eigenvalue weighted by Crippen LogP contribution is -2.35. The summed E-state index contributed by atoms with van der Waals surface area (Å²) in [5.41, 5.74) is 3.16. The molecule has 2 heterocycles. The predicted octanol–water partition coefficient (Wildman–Crippen LogP) is 3.65. The van der Waals surface area contributed by atoms with Crippen LogP contribution in [0.25, 0.3) is 0 Å². The van der Waals surface area contributed by atoms with Crippen molar-refractivity contribution in [3.8, 4) is 5.75 Å². The number of carbonyl (C=O) groups excluding carboxylic acids is 1. The SMILES string of the molecule is CCCOc1ccccc1[C@@H](C)Nc1nc(C)nc2c1CCN(C(C)=O)C2. The summed E-state index contributed by atoms with van der Waals surface area (Å²) in [5.74, 6) is 2.56. The minimum absolute atomic E-state index is 0.0438. The third-order valence-electron chi connectivity index (χ3n) is 4.82. The van der Waals surface area contributed by atoms with Crippen molar-refractivity contribution < 1.29 is 9.53 Å². The first-order chi connectivity index (χ1) is 13.0. The first kappa shape index (κ1) is 19.1. The molecule has 144 valence electrons. The number of para-hydroxylation sites is 1. The topological polar surface area (TPSA) is 67.3 Å². The minimum Gasteiger partial charge on any atom is -0.493 e. The summed E-state index contributed by atoms with van der Waals surface area (Å²) in [7, 11) is 0. The monoisotopic (exact) mass is 368 g/mol. The third-order valence-corrected chi connectivity index (χ3v) is 4.82. The van der Waals surface area contributed by atoms with Gasteiger partial charge in [0.1, 0.15) is 17.4 Å². The van der Waals surface area contributed by atoms with E-state index in [9.17, 15) is 4.79 Å². The van der Waals surface area contributed by atoms with Gasteiger partial charge in [-0.3, -0.25) is 4.79 Å². The number of hydrogen-bond donors (Lipinski definition) is 1. The molecule has 0 saturated carbocycles. The van der Waals surface area contributed by atoms with Crippen molar-refractivity contribution in [3.63, 3.8) is 0 Å².